The molecule has 2 aliphatic carbocycles. The molecular formula is C35H33N. The number of anilines is 1. The molecule has 0 bridgehead atoms. The zero-order chi connectivity index (χ0) is 24.5. The van der Waals surface area contributed by atoms with Gasteiger partial charge in [0, 0.05) is 22.4 Å². The number of benzene rings is 4. The predicted octanol–water partition coefficient (Wildman–Crippen LogP) is 8.77. The van der Waals surface area contributed by atoms with Crippen molar-refractivity contribution in [1.29, 1.82) is 0 Å². The fourth-order valence-electron chi connectivity index (χ4n) is 6.57. The Balaban J connectivity index is 1.41. The van der Waals surface area contributed by atoms with Crippen molar-refractivity contribution >= 4 is 5.69 Å². The van der Waals surface area contributed by atoms with E-state index in [2.05, 4.69) is 147 Å². The van der Waals surface area contributed by atoms with E-state index in [0.717, 1.165) is 17.8 Å². The van der Waals surface area contributed by atoms with Gasteiger partial charge in [-0.1, -0.05) is 123 Å². The van der Waals surface area contributed by atoms with Gasteiger partial charge in [-0.25, -0.2) is 0 Å². The molecule has 1 nitrogen and oxygen atoms in total. The molecule has 1 heteroatoms. The Morgan fingerprint density at radius 2 is 1.42 bits per heavy atom. The molecule has 178 valence electrons. The Bertz CT molecular complexity index is 1420. The van der Waals surface area contributed by atoms with Crippen LogP contribution in [-0.4, -0.2) is 0 Å². The number of fused-ring (bicyclic) bond motifs is 3. The highest BCUT2D eigenvalue weighted by Gasteiger charge is 2.44. The maximum absolute atomic E-state index is 3.79. The summed E-state index contributed by atoms with van der Waals surface area (Å²) in [6.45, 7) is 4.89. The molecule has 0 saturated carbocycles. The summed E-state index contributed by atoms with van der Waals surface area (Å²) in [7, 11) is 0. The first kappa shape index (κ1) is 22.6. The van der Waals surface area contributed by atoms with Crippen LogP contribution in [-0.2, 0) is 11.8 Å². The van der Waals surface area contributed by atoms with Crippen LogP contribution in [0.15, 0.2) is 133 Å². The van der Waals surface area contributed by atoms with E-state index in [1.165, 1.54) is 27.8 Å². The van der Waals surface area contributed by atoms with Crippen molar-refractivity contribution in [3.05, 3.63) is 150 Å². The summed E-state index contributed by atoms with van der Waals surface area (Å²) in [5.74, 6) is 1.42. The maximum Gasteiger partial charge on any atom is 0.0463 e. The Morgan fingerprint density at radius 1 is 0.750 bits per heavy atom. The van der Waals surface area contributed by atoms with Crippen LogP contribution in [0.5, 0.6) is 0 Å². The standard InChI is InChI=1S/C35H33N/c1-25-31(27-15-7-4-8-16-27)23-28-17-9-11-19-33(28)35(2)24-29(21-22-32(25)35)36-34-20-12-10-18-30(34)26-13-5-3-6-14-26/h3-22,24-25,31-32,36H,23H2,1-2H3. The second-order valence-electron chi connectivity index (χ2n) is 10.5. The van der Waals surface area contributed by atoms with Gasteiger partial charge in [0.15, 0.2) is 0 Å². The zero-order valence-electron chi connectivity index (χ0n) is 21.1. The molecular weight excluding hydrogens is 434 g/mol. The molecule has 2 aliphatic rings. The lowest BCUT2D eigenvalue weighted by molar-refractivity contribution is 0.280. The van der Waals surface area contributed by atoms with Gasteiger partial charge < -0.3 is 5.32 Å². The zero-order valence-corrected chi connectivity index (χ0v) is 21.1. The first-order chi connectivity index (χ1) is 17.6. The molecule has 0 saturated heterocycles. The Hall–Kier alpha value is -3.84. The Morgan fingerprint density at radius 3 is 2.22 bits per heavy atom. The molecule has 0 aliphatic heterocycles. The number of allylic oxidation sites excluding steroid dienone is 3. The molecule has 6 rings (SSSR count). The van der Waals surface area contributed by atoms with E-state index < -0.39 is 0 Å². The van der Waals surface area contributed by atoms with Crippen molar-refractivity contribution in [2.24, 2.45) is 11.8 Å². The van der Waals surface area contributed by atoms with Crippen molar-refractivity contribution in [3.63, 3.8) is 0 Å². The predicted molar refractivity (Wildman–Crippen MR) is 152 cm³/mol. The van der Waals surface area contributed by atoms with Gasteiger partial charge in [-0.3, -0.25) is 0 Å². The second-order valence-corrected chi connectivity index (χ2v) is 10.5. The number of nitrogens with one attached hydrogen (secondary N) is 1. The molecule has 36 heavy (non-hydrogen) atoms. The van der Waals surface area contributed by atoms with E-state index in [0.29, 0.717) is 17.8 Å². The van der Waals surface area contributed by atoms with Crippen molar-refractivity contribution < 1.29 is 0 Å². The van der Waals surface area contributed by atoms with Gasteiger partial charge >= 0.3 is 0 Å². The summed E-state index contributed by atoms with van der Waals surface area (Å²) >= 11 is 0. The van der Waals surface area contributed by atoms with Crippen LogP contribution in [0, 0.1) is 11.8 Å². The number of rotatable bonds is 4. The highest BCUT2D eigenvalue weighted by Crippen LogP contribution is 2.51. The highest BCUT2D eigenvalue weighted by molar-refractivity contribution is 5.79. The minimum atomic E-state index is -0.0850. The van der Waals surface area contributed by atoms with Gasteiger partial charge in [0.1, 0.15) is 0 Å². The fraction of sp³-hybridized carbons (Fsp3) is 0.200. The quantitative estimate of drug-likeness (QED) is 0.316. The number of hydrogen-bond donors (Lipinski definition) is 1. The van der Waals surface area contributed by atoms with Crippen LogP contribution >= 0.6 is 0 Å². The average Bonchev–Trinajstić information content (AvgIpc) is 3.02. The summed E-state index contributed by atoms with van der Waals surface area (Å²) in [5, 5.41) is 3.79. The van der Waals surface area contributed by atoms with E-state index in [9.17, 15) is 0 Å². The van der Waals surface area contributed by atoms with Gasteiger partial charge in [0.2, 0.25) is 0 Å². The smallest absolute Gasteiger partial charge is 0.0463 e. The molecule has 0 heterocycles. The van der Waals surface area contributed by atoms with Gasteiger partial charge in [-0.05, 0) is 64.6 Å². The second kappa shape index (κ2) is 9.32. The fourth-order valence-corrected chi connectivity index (χ4v) is 6.57. The normalized spacial score (nSPS) is 24.7. The van der Waals surface area contributed by atoms with Crippen molar-refractivity contribution in [2.75, 3.05) is 5.32 Å². The van der Waals surface area contributed by atoms with Crippen LogP contribution in [0.4, 0.5) is 5.69 Å². The Labute approximate surface area is 215 Å². The minimum Gasteiger partial charge on any atom is -0.355 e. The molecule has 0 spiro atoms. The van der Waals surface area contributed by atoms with E-state index in [1.807, 2.05) is 0 Å². The van der Waals surface area contributed by atoms with Crippen LogP contribution < -0.4 is 5.32 Å². The lowest BCUT2D eigenvalue weighted by Crippen LogP contribution is -2.36. The van der Waals surface area contributed by atoms with Crippen LogP contribution in [0.2, 0.25) is 0 Å². The van der Waals surface area contributed by atoms with Crippen molar-refractivity contribution in [2.45, 2.75) is 31.6 Å². The van der Waals surface area contributed by atoms with E-state index in [1.54, 1.807) is 0 Å². The molecule has 0 aromatic heterocycles. The molecule has 4 aromatic rings. The SMILES string of the molecule is CC1C(c2ccccc2)Cc2ccccc2C2(C)C=C(Nc3ccccc3-c3ccccc3)C=CC12. The molecule has 4 unspecified atom stereocenters. The Kier molecular flexibility index (Phi) is 5.85. The van der Waals surface area contributed by atoms with Crippen LogP contribution in [0.1, 0.15) is 36.5 Å². The van der Waals surface area contributed by atoms with Crippen molar-refractivity contribution in [1.82, 2.24) is 0 Å². The van der Waals surface area contributed by atoms with Crippen molar-refractivity contribution in [3.8, 4) is 11.1 Å². The van der Waals surface area contributed by atoms with E-state index >= 15 is 0 Å². The monoisotopic (exact) mass is 467 g/mol. The first-order valence-electron chi connectivity index (χ1n) is 13.1. The maximum atomic E-state index is 3.79. The minimum absolute atomic E-state index is 0.0850. The van der Waals surface area contributed by atoms with Gasteiger partial charge in [0.05, 0.1) is 0 Å². The molecule has 4 aromatic carbocycles. The summed E-state index contributed by atoms with van der Waals surface area (Å²) < 4.78 is 0. The third-order valence-electron chi connectivity index (χ3n) is 8.39. The van der Waals surface area contributed by atoms with Gasteiger partial charge in [0.25, 0.3) is 0 Å². The largest absolute Gasteiger partial charge is 0.355 e. The number of para-hydroxylation sites is 1. The topological polar surface area (TPSA) is 12.0 Å². The van der Waals surface area contributed by atoms with Crippen LogP contribution in [0.25, 0.3) is 11.1 Å². The average molecular weight is 468 g/mol. The third-order valence-corrected chi connectivity index (χ3v) is 8.39. The summed E-state index contributed by atoms with van der Waals surface area (Å²) in [6.07, 6.45) is 8.34. The van der Waals surface area contributed by atoms with E-state index in [4.69, 9.17) is 0 Å². The van der Waals surface area contributed by atoms with Crippen LogP contribution in [0.3, 0.4) is 0 Å². The molecule has 0 fully saturated rings. The summed E-state index contributed by atoms with van der Waals surface area (Å²) in [6, 6.07) is 39.4. The van der Waals surface area contributed by atoms with Gasteiger partial charge in [-0.15, -0.1) is 0 Å². The third kappa shape index (κ3) is 3.99. The highest BCUT2D eigenvalue weighted by atomic mass is 14.9. The van der Waals surface area contributed by atoms with Gasteiger partial charge in [-0.2, -0.15) is 0 Å². The molecule has 0 amide bonds. The summed E-state index contributed by atoms with van der Waals surface area (Å²) in [5.41, 5.74) is 9.04. The first-order valence-corrected chi connectivity index (χ1v) is 13.1. The lowest BCUT2D eigenvalue weighted by atomic mass is 9.63. The summed E-state index contributed by atoms with van der Waals surface area (Å²) in [4.78, 5) is 0. The molecule has 4 atom stereocenters. The lowest BCUT2D eigenvalue weighted by Gasteiger charge is -2.41. The molecule has 0 radical (unpaired) electrons. The molecule has 1 N–H and O–H groups in total. The number of hydrogen-bond acceptors (Lipinski definition) is 1. The van der Waals surface area contributed by atoms with E-state index in [-0.39, 0.29) is 5.41 Å².